The van der Waals surface area contributed by atoms with Gasteiger partial charge in [-0.05, 0) is 32.6 Å². The van der Waals surface area contributed by atoms with Crippen LogP contribution in [0.25, 0.3) is 0 Å². The number of carbonyl (C=O) groups excluding carboxylic acids is 3. The van der Waals surface area contributed by atoms with Crippen LogP contribution >= 0.6 is 0 Å². The molecular weight excluding hydrogens is 232 g/mol. The average Bonchev–Trinajstić information content (AvgIpc) is 2.55. The molecule has 0 N–H and O–H groups in total. The van der Waals surface area contributed by atoms with Gasteiger partial charge in [0.1, 0.15) is 0 Å². The second-order valence-corrected chi connectivity index (χ2v) is 5.47. The zero-order valence-electron chi connectivity index (χ0n) is 11.0. The fourth-order valence-corrected chi connectivity index (χ4v) is 2.77. The molecule has 0 spiro atoms. The normalized spacial score (nSPS) is 22.5. The van der Waals surface area contributed by atoms with Crippen molar-refractivity contribution in [3.8, 4) is 0 Å². The SMILES string of the molecule is CC(C)N1C(=O)C(=O)N(CC2CCCCC2)C1=O. The maximum absolute atomic E-state index is 12.1. The first kappa shape index (κ1) is 13.1. The van der Waals surface area contributed by atoms with E-state index in [1.165, 1.54) is 6.42 Å². The number of amides is 4. The Balaban J connectivity index is 2.06. The summed E-state index contributed by atoms with van der Waals surface area (Å²) in [5.74, 6) is -0.961. The van der Waals surface area contributed by atoms with E-state index >= 15 is 0 Å². The van der Waals surface area contributed by atoms with Crippen LogP contribution in [0.4, 0.5) is 4.79 Å². The second-order valence-electron chi connectivity index (χ2n) is 5.47. The fourth-order valence-electron chi connectivity index (χ4n) is 2.77. The summed E-state index contributed by atoms with van der Waals surface area (Å²) < 4.78 is 0. The third kappa shape index (κ3) is 2.26. The van der Waals surface area contributed by atoms with Crippen LogP contribution in [0, 0.1) is 5.92 Å². The molecule has 0 aromatic rings. The van der Waals surface area contributed by atoms with Gasteiger partial charge in [-0.2, -0.15) is 0 Å². The second kappa shape index (κ2) is 5.08. The van der Waals surface area contributed by atoms with Crippen molar-refractivity contribution in [2.75, 3.05) is 6.54 Å². The van der Waals surface area contributed by atoms with Crippen molar-refractivity contribution >= 4 is 17.8 Å². The zero-order valence-corrected chi connectivity index (χ0v) is 11.0. The summed E-state index contributed by atoms with van der Waals surface area (Å²) in [6, 6.07) is -0.698. The van der Waals surface area contributed by atoms with Crippen molar-refractivity contribution in [3.05, 3.63) is 0 Å². The molecule has 2 fully saturated rings. The van der Waals surface area contributed by atoms with Crippen molar-refractivity contribution in [3.63, 3.8) is 0 Å². The van der Waals surface area contributed by atoms with Gasteiger partial charge < -0.3 is 0 Å². The van der Waals surface area contributed by atoms with Crippen LogP contribution in [0.2, 0.25) is 0 Å². The number of rotatable bonds is 3. The van der Waals surface area contributed by atoms with Gasteiger partial charge in [0.15, 0.2) is 0 Å². The third-order valence-electron chi connectivity index (χ3n) is 3.77. The first-order valence-corrected chi connectivity index (χ1v) is 6.71. The van der Waals surface area contributed by atoms with Crippen molar-refractivity contribution in [1.82, 2.24) is 9.80 Å². The van der Waals surface area contributed by atoms with Crippen LogP contribution in [0.1, 0.15) is 46.0 Å². The highest BCUT2D eigenvalue weighted by Gasteiger charge is 2.46. The van der Waals surface area contributed by atoms with E-state index in [1.807, 2.05) is 0 Å². The van der Waals surface area contributed by atoms with Gasteiger partial charge in [-0.1, -0.05) is 19.3 Å². The monoisotopic (exact) mass is 252 g/mol. The summed E-state index contributed by atoms with van der Waals surface area (Å²) in [4.78, 5) is 37.8. The topological polar surface area (TPSA) is 57.7 Å². The van der Waals surface area contributed by atoms with E-state index in [1.54, 1.807) is 13.8 Å². The molecule has 0 bridgehead atoms. The molecule has 5 heteroatoms. The molecule has 100 valence electrons. The van der Waals surface area contributed by atoms with E-state index in [2.05, 4.69) is 0 Å². The molecule has 0 atom stereocenters. The number of urea groups is 1. The van der Waals surface area contributed by atoms with Crippen LogP contribution in [-0.4, -0.2) is 40.2 Å². The van der Waals surface area contributed by atoms with E-state index in [0.29, 0.717) is 12.5 Å². The number of nitrogens with zero attached hydrogens (tertiary/aromatic N) is 2. The van der Waals surface area contributed by atoms with Crippen LogP contribution in [0.5, 0.6) is 0 Å². The minimum Gasteiger partial charge on any atom is -0.263 e. The van der Waals surface area contributed by atoms with Crippen LogP contribution in [0.15, 0.2) is 0 Å². The van der Waals surface area contributed by atoms with Crippen LogP contribution in [-0.2, 0) is 9.59 Å². The summed E-state index contributed by atoms with van der Waals surface area (Å²) in [5, 5.41) is 0. The Morgan fingerprint density at radius 1 is 1.06 bits per heavy atom. The van der Waals surface area contributed by atoms with Gasteiger partial charge >= 0.3 is 17.8 Å². The Bertz CT molecular complexity index is 372. The molecule has 1 saturated heterocycles. The van der Waals surface area contributed by atoms with E-state index < -0.39 is 17.8 Å². The molecule has 0 aromatic carbocycles. The van der Waals surface area contributed by atoms with Crippen LogP contribution in [0.3, 0.4) is 0 Å². The summed E-state index contributed by atoms with van der Waals surface area (Å²) in [5.41, 5.74) is 0. The molecular formula is C13H20N2O3. The van der Waals surface area contributed by atoms with E-state index in [4.69, 9.17) is 0 Å². The van der Waals surface area contributed by atoms with Gasteiger partial charge in [-0.15, -0.1) is 0 Å². The molecule has 0 unspecified atom stereocenters. The molecule has 4 amide bonds. The minimum absolute atomic E-state index is 0.259. The summed E-state index contributed by atoms with van der Waals surface area (Å²) in [6.45, 7) is 3.90. The smallest absolute Gasteiger partial charge is 0.263 e. The van der Waals surface area contributed by atoms with Crippen molar-refractivity contribution in [2.24, 2.45) is 5.92 Å². The molecule has 2 aliphatic rings. The average molecular weight is 252 g/mol. The third-order valence-corrected chi connectivity index (χ3v) is 3.77. The molecule has 1 heterocycles. The predicted molar refractivity (Wildman–Crippen MR) is 65.7 cm³/mol. The molecule has 0 radical (unpaired) electrons. The molecule has 1 aliphatic heterocycles. The van der Waals surface area contributed by atoms with Gasteiger partial charge in [-0.25, -0.2) is 4.79 Å². The quantitative estimate of drug-likeness (QED) is 0.568. The maximum Gasteiger partial charge on any atom is 0.334 e. The van der Waals surface area contributed by atoms with Gasteiger partial charge in [-0.3, -0.25) is 19.4 Å². The fraction of sp³-hybridized carbons (Fsp3) is 0.769. The Kier molecular flexibility index (Phi) is 3.68. The lowest BCUT2D eigenvalue weighted by Gasteiger charge is -2.25. The molecule has 0 aromatic heterocycles. The number of imide groups is 2. The van der Waals surface area contributed by atoms with Crippen molar-refractivity contribution in [2.45, 2.75) is 52.0 Å². The highest BCUT2D eigenvalue weighted by molar-refractivity contribution is 6.44. The van der Waals surface area contributed by atoms with Gasteiger partial charge in [0, 0.05) is 12.6 Å². The summed E-state index contributed by atoms with van der Waals surface area (Å²) in [6.07, 6.45) is 5.64. The summed E-state index contributed by atoms with van der Waals surface area (Å²) >= 11 is 0. The first-order chi connectivity index (χ1) is 8.52. The lowest BCUT2D eigenvalue weighted by molar-refractivity contribution is -0.144. The zero-order chi connectivity index (χ0) is 13.3. The Morgan fingerprint density at radius 3 is 2.17 bits per heavy atom. The van der Waals surface area contributed by atoms with E-state index in [0.717, 1.165) is 35.5 Å². The molecule has 18 heavy (non-hydrogen) atoms. The highest BCUT2D eigenvalue weighted by atomic mass is 16.2. The number of hydrogen-bond acceptors (Lipinski definition) is 3. The standard InChI is InChI=1S/C13H20N2O3/c1-9(2)15-12(17)11(16)14(13(15)18)8-10-6-4-3-5-7-10/h9-10H,3-8H2,1-2H3. The first-order valence-electron chi connectivity index (χ1n) is 6.71. The van der Waals surface area contributed by atoms with E-state index in [-0.39, 0.29) is 6.04 Å². The molecule has 1 saturated carbocycles. The minimum atomic E-state index is -0.675. The van der Waals surface area contributed by atoms with Gasteiger partial charge in [0.25, 0.3) is 0 Å². The molecule has 5 nitrogen and oxygen atoms in total. The van der Waals surface area contributed by atoms with Crippen LogP contribution < -0.4 is 0 Å². The molecule has 2 rings (SSSR count). The van der Waals surface area contributed by atoms with E-state index in [9.17, 15) is 14.4 Å². The Hall–Kier alpha value is -1.39. The maximum atomic E-state index is 12.1. The lowest BCUT2D eigenvalue weighted by atomic mass is 9.89. The van der Waals surface area contributed by atoms with Gasteiger partial charge in [0.05, 0.1) is 0 Å². The predicted octanol–water partition coefficient (Wildman–Crippen LogP) is 1.77. The lowest BCUT2D eigenvalue weighted by Crippen LogP contribution is -2.39. The summed E-state index contributed by atoms with van der Waals surface area (Å²) in [7, 11) is 0. The Morgan fingerprint density at radius 2 is 1.67 bits per heavy atom. The Labute approximate surface area is 107 Å². The van der Waals surface area contributed by atoms with Crippen molar-refractivity contribution < 1.29 is 14.4 Å². The number of hydrogen-bond donors (Lipinski definition) is 0. The largest absolute Gasteiger partial charge is 0.334 e. The molecule has 1 aliphatic carbocycles. The van der Waals surface area contributed by atoms with Crippen molar-refractivity contribution in [1.29, 1.82) is 0 Å². The highest BCUT2D eigenvalue weighted by Crippen LogP contribution is 2.26. The van der Waals surface area contributed by atoms with Gasteiger partial charge in [0.2, 0.25) is 0 Å². The number of carbonyl (C=O) groups is 3.